The van der Waals surface area contributed by atoms with Crippen molar-refractivity contribution in [2.24, 2.45) is 0 Å². The molecule has 0 radical (unpaired) electrons. The second-order valence-electron chi connectivity index (χ2n) is 4.12. The topological polar surface area (TPSA) is 72.2 Å². The lowest BCUT2D eigenvalue weighted by Gasteiger charge is -2.15. The second kappa shape index (κ2) is 5.19. The lowest BCUT2D eigenvalue weighted by molar-refractivity contribution is 0.153. The normalized spacial score (nSPS) is 12.1. The van der Waals surface area contributed by atoms with Crippen molar-refractivity contribution >= 4 is 15.7 Å². The van der Waals surface area contributed by atoms with E-state index in [1.807, 2.05) is 4.72 Å². The number of hydrogen-bond acceptors (Lipinski definition) is 3. The first-order valence-electron chi connectivity index (χ1n) is 5.31. The molecule has 7 heteroatoms. The molecule has 0 heterocycles. The number of rotatable bonds is 4. The van der Waals surface area contributed by atoms with Crippen LogP contribution < -0.4 is 10.5 Å². The fraction of sp³-hybridized carbons (Fsp3) is 0.455. The molecule has 0 spiro atoms. The highest BCUT2D eigenvalue weighted by molar-refractivity contribution is 7.89. The molecule has 0 saturated heterocycles. The summed E-state index contributed by atoms with van der Waals surface area (Å²) in [5.74, 6) is 0. The summed E-state index contributed by atoms with van der Waals surface area (Å²) in [4.78, 5) is -0.0220. The van der Waals surface area contributed by atoms with Gasteiger partial charge in [0.2, 0.25) is 10.0 Å². The van der Waals surface area contributed by atoms with Gasteiger partial charge < -0.3 is 5.73 Å². The number of hydrogen-bond donors (Lipinski definition) is 2. The van der Waals surface area contributed by atoms with E-state index < -0.39 is 23.0 Å². The molecular weight excluding hydrogens is 262 g/mol. The number of nitrogen functional groups attached to an aromatic ring is 1. The zero-order valence-corrected chi connectivity index (χ0v) is 11.2. The molecule has 1 rings (SSSR count). The van der Waals surface area contributed by atoms with Crippen LogP contribution in [0.15, 0.2) is 11.0 Å². The van der Waals surface area contributed by atoms with Gasteiger partial charge in [0.05, 0.1) is 11.4 Å². The van der Waals surface area contributed by atoms with Crippen molar-refractivity contribution in [2.75, 3.05) is 12.3 Å². The molecule has 0 saturated carbocycles. The van der Waals surface area contributed by atoms with Gasteiger partial charge in [0, 0.05) is 5.69 Å². The summed E-state index contributed by atoms with van der Waals surface area (Å²) in [5.41, 5.74) is 7.76. The summed E-state index contributed by atoms with van der Waals surface area (Å²) in [6, 6.07) is 1.62. The number of sulfonamides is 1. The van der Waals surface area contributed by atoms with Crippen molar-refractivity contribution in [3.05, 3.63) is 22.8 Å². The fourth-order valence-electron chi connectivity index (χ4n) is 1.84. The van der Waals surface area contributed by atoms with Gasteiger partial charge in [0.1, 0.15) is 0 Å². The third-order valence-corrected chi connectivity index (χ3v) is 4.37. The third-order valence-electron chi connectivity index (χ3n) is 2.66. The van der Waals surface area contributed by atoms with Crippen LogP contribution in [0, 0.1) is 20.8 Å². The molecular formula is C11H16F2N2O2S. The van der Waals surface area contributed by atoms with Gasteiger partial charge in [-0.3, -0.25) is 0 Å². The Morgan fingerprint density at radius 2 is 1.83 bits per heavy atom. The van der Waals surface area contributed by atoms with E-state index >= 15 is 0 Å². The summed E-state index contributed by atoms with van der Waals surface area (Å²) >= 11 is 0. The van der Waals surface area contributed by atoms with E-state index in [1.54, 1.807) is 26.8 Å². The van der Waals surface area contributed by atoms with Crippen LogP contribution in [0.1, 0.15) is 16.7 Å². The molecule has 0 aromatic heterocycles. The smallest absolute Gasteiger partial charge is 0.251 e. The van der Waals surface area contributed by atoms with Gasteiger partial charge in [-0.05, 0) is 37.5 Å². The number of aryl methyl sites for hydroxylation is 2. The molecule has 0 bridgehead atoms. The van der Waals surface area contributed by atoms with Crippen LogP contribution in [0.4, 0.5) is 14.5 Å². The Bertz CT molecular complexity index is 557. The minimum absolute atomic E-state index is 0.0220. The number of halogens is 2. The van der Waals surface area contributed by atoms with Gasteiger partial charge in [-0.2, -0.15) is 0 Å². The molecule has 3 N–H and O–H groups in total. The summed E-state index contributed by atoms with van der Waals surface area (Å²) < 4.78 is 49.9. The van der Waals surface area contributed by atoms with Crippen LogP contribution in [0.25, 0.3) is 0 Å². The van der Waals surface area contributed by atoms with Crippen LogP contribution in [0.5, 0.6) is 0 Å². The fourth-order valence-corrected chi connectivity index (χ4v) is 3.33. The molecule has 1 aromatic carbocycles. The van der Waals surface area contributed by atoms with E-state index in [0.29, 0.717) is 16.8 Å². The maximum Gasteiger partial charge on any atom is 0.251 e. The Hall–Kier alpha value is -1.21. The minimum Gasteiger partial charge on any atom is -0.398 e. The van der Waals surface area contributed by atoms with Crippen LogP contribution in [-0.2, 0) is 10.0 Å². The van der Waals surface area contributed by atoms with Gasteiger partial charge in [-0.25, -0.2) is 21.9 Å². The summed E-state index contributed by atoms with van der Waals surface area (Å²) in [7, 11) is -3.97. The molecule has 4 nitrogen and oxygen atoms in total. The first kappa shape index (κ1) is 14.8. The Morgan fingerprint density at radius 1 is 1.28 bits per heavy atom. The van der Waals surface area contributed by atoms with E-state index in [-0.39, 0.29) is 4.90 Å². The highest BCUT2D eigenvalue weighted by atomic mass is 32.2. The molecule has 0 aliphatic heterocycles. The second-order valence-corrected chi connectivity index (χ2v) is 5.82. The maximum absolute atomic E-state index is 12.1. The zero-order valence-electron chi connectivity index (χ0n) is 10.4. The number of benzene rings is 1. The van der Waals surface area contributed by atoms with E-state index in [2.05, 4.69) is 0 Å². The van der Waals surface area contributed by atoms with Crippen molar-refractivity contribution < 1.29 is 17.2 Å². The zero-order chi connectivity index (χ0) is 14.1. The molecule has 0 aliphatic rings. The first-order valence-corrected chi connectivity index (χ1v) is 6.79. The van der Waals surface area contributed by atoms with Crippen LogP contribution >= 0.6 is 0 Å². The van der Waals surface area contributed by atoms with E-state index in [0.717, 1.165) is 5.56 Å². The molecule has 0 atom stereocenters. The first-order chi connectivity index (χ1) is 8.16. The predicted molar refractivity (Wildman–Crippen MR) is 66.3 cm³/mol. The molecule has 0 amide bonds. The van der Waals surface area contributed by atoms with Crippen molar-refractivity contribution in [2.45, 2.75) is 32.1 Å². The van der Waals surface area contributed by atoms with Crippen LogP contribution in [-0.4, -0.2) is 21.4 Å². The maximum atomic E-state index is 12.1. The molecule has 102 valence electrons. The average molecular weight is 278 g/mol. The lowest BCUT2D eigenvalue weighted by Crippen LogP contribution is -2.30. The van der Waals surface area contributed by atoms with Crippen LogP contribution in [0.2, 0.25) is 0 Å². The van der Waals surface area contributed by atoms with Crippen molar-refractivity contribution in [3.8, 4) is 0 Å². The van der Waals surface area contributed by atoms with E-state index in [4.69, 9.17) is 5.73 Å². The SMILES string of the molecule is Cc1cc(C)c(S(=O)(=O)NCC(F)F)c(C)c1N. The number of alkyl halides is 2. The lowest BCUT2D eigenvalue weighted by atomic mass is 10.1. The summed E-state index contributed by atoms with van der Waals surface area (Å²) in [6.45, 7) is 4.02. The van der Waals surface area contributed by atoms with E-state index in [9.17, 15) is 17.2 Å². The Kier molecular flexibility index (Phi) is 4.28. The van der Waals surface area contributed by atoms with Gasteiger partial charge in [-0.1, -0.05) is 6.07 Å². The monoisotopic (exact) mass is 278 g/mol. The number of nitrogens with two attached hydrogens (primary N) is 1. The van der Waals surface area contributed by atoms with Crippen molar-refractivity contribution in [1.82, 2.24) is 4.72 Å². The van der Waals surface area contributed by atoms with Gasteiger partial charge in [0.15, 0.2) is 0 Å². The number of nitrogens with one attached hydrogen (secondary N) is 1. The number of anilines is 1. The Balaban J connectivity index is 3.29. The van der Waals surface area contributed by atoms with Crippen molar-refractivity contribution in [3.63, 3.8) is 0 Å². The summed E-state index contributed by atoms with van der Waals surface area (Å²) in [6.07, 6.45) is -2.73. The summed E-state index contributed by atoms with van der Waals surface area (Å²) in [5, 5.41) is 0. The standard InChI is InChI=1S/C11H16F2N2O2S/c1-6-4-7(2)11(8(3)10(6)14)18(16,17)15-5-9(12)13/h4,9,15H,5,14H2,1-3H3. The molecule has 0 fully saturated rings. The third kappa shape index (κ3) is 2.97. The van der Waals surface area contributed by atoms with Crippen LogP contribution in [0.3, 0.4) is 0 Å². The quantitative estimate of drug-likeness (QED) is 0.824. The molecule has 1 aromatic rings. The van der Waals surface area contributed by atoms with E-state index in [1.165, 1.54) is 0 Å². The molecule has 18 heavy (non-hydrogen) atoms. The highest BCUT2D eigenvalue weighted by Gasteiger charge is 2.22. The average Bonchev–Trinajstić information content (AvgIpc) is 2.23. The van der Waals surface area contributed by atoms with Crippen molar-refractivity contribution in [1.29, 1.82) is 0 Å². The largest absolute Gasteiger partial charge is 0.398 e. The Morgan fingerprint density at radius 3 is 2.33 bits per heavy atom. The predicted octanol–water partition coefficient (Wildman–Crippen LogP) is 1.74. The minimum atomic E-state index is -3.97. The van der Waals surface area contributed by atoms with Gasteiger partial charge >= 0.3 is 0 Å². The Labute approximate surface area is 105 Å². The molecule has 0 unspecified atom stereocenters. The highest BCUT2D eigenvalue weighted by Crippen LogP contribution is 2.27. The van der Waals surface area contributed by atoms with Gasteiger partial charge in [0.25, 0.3) is 6.43 Å². The van der Waals surface area contributed by atoms with Gasteiger partial charge in [-0.15, -0.1) is 0 Å². The molecule has 0 aliphatic carbocycles.